The zero-order chi connectivity index (χ0) is 17.3. The molecule has 0 radical (unpaired) electrons. The van der Waals surface area contributed by atoms with E-state index < -0.39 is 0 Å². The topological polar surface area (TPSA) is 77.6 Å². The fourth-order valence-electron chi connectivity index (χ4n) is 2.79. The van der Waals surface area contributed by atoms with E-state index in [9.17, 15) is 0 Å². The van der Waals surface area contributed by atoms with Crippen molar-refractivity contribution in [3.8, 4) is 0 Å². The van der Waals surface area contributed by atoms with Crippen LogP contribution < -0.4 is 0 Å². The van der Waals surface area contributed by atoms with Gasteiger partial charge in [-0.1, -0.05) is 17.3 Å². The second-order valence-electron chi connectivity index (χ2n) is 5.65. The van der Waals surface area contributed by atoms with E-state index in [1.54, 1.807) is 18.7 Å². The second-order valence-corrected chi connectivity index (χ2v) is 6.27. The molecule has 0 atom stereocenters. The Bertz CT molecular complexity index is 1300. The third kappa shape index (κ3) is 2.55. The number of pyridine rings is 3. The van der Waals surface area contributed by atoms with Gasteiger partial charge in [-0.25, -0.2) is 9.97 Å². The van der Waals surface area contributed by atoms with Crippen molar-refractivity contribution in [2.24, 2.45) is 0 Å². The largest absolute Gasteiger partial charge is 0.363 e. The van der Waals surface area contributed by atoms with Gasteiger partial charge in [0.05, 0.1) is 10.9 Å². The Balaban J connectivity index is 0.000000115. The molecule has 0 saturated carbocycles. The van der Waals surface area contributed by atoms with E-state index in [2.05, 4.69) is 24.5 Å². The van der Waals surface area contributed by atoms with Gasteiger partial charge in [-0.3, -0.25) is 4.98 Å². The lowest BCUT2D eigenvalue weighted by Gasteiger charge is -1.94. The Labute approximate surface area is 151 Å². The van der Waals surface area contributed by atoms with E-state index in [4.69, 9.17) is 4.52 Å². The van der Waals surface area contributed by atoms with Crippen LogP contribution in [-0.4, -0.2) is 24.5 Å². The molecular formula is C19H11N5OS. The van der Waals surface area contributed by atoms with E-state index in [1.807, 2.05) is 47.8 Å². The molecule has 0 fully saturated rings. The van der Waals surface area contributed by atoms with Crippen molar-refractivity contribution in [3.63, 3.8) is 0 Å². The van der Waals surface area contributed by atoms with Crippen molar-refractivity contribution >= 4 is 55.4 Å². The van der Waals surface area contributed by atoms with Crippen molar-refractivity contribution in [1.82, 2.24) is 24.5 Å². The first-order chi connectivity index (χ1) is 12.9. The monoisotopic (exact) mass is 357 g/mol. The molecule has 0 amide bonds. The predicted molar refractivity (Wildman–Crippen MR) is 102 cm³/mol. The molecule has 0 saturated heterocycles. The van der Waals surface area contributed by atoms with Crippen LogP contribution in [0.15, 0.2) is 71.0 Å². The summed E-state index contributed by atoms with van der Waals surface area (Å²) in [5.41, 5.74) is 4.46. The van der Waals surface area contributed by atoms with Gasteiger partial charge >= 0.3 is 0 Å². The van der Waals surface area contributed by atoms with E-state index in [-0.39, 0.29) is 0 Å². The number of benzene rings is 1. The minimum absolute atomic E-state index is 0.787. The molecule has 0 aliphatic rings. The highest BCUT2D eigenvalue weighted by molar-refractivity contribution is 7.04. The lowest BCUT2D eigenvalue weighted by Crippen LogP contribution is -1.82. The van der Waals surface area contributed by atoms with Crippen LogP contribution in [-0.2, 0) is 0 Å². The quantitative estimate of drug-likeness (QED) is 0.395. The highest BCUT2D eigenvalue weighted by Crippen LogP contribution is 2.21. The van der Waals surface area contributed by atoms with Crippen molar-refractivity contribution in [2.75, 3.05) is 0 Å². The van der Waals surface area contributed by atoms with E-state index in [1.165, 1.54) is 11.5 Å². The smallest absolute Gasteiger partial charge is 0.159 e. The van der Waals surface area contributed by atoms with Gasteiger partial charge < -0.3 is 4.52 Å². The molecule has 1 aromatic carbocycles. The number of hydrogen-bond acceptors (Lipinski definition) is 7. The zero-order valence-electron chi connectivity index (χ0n) is 13.4. The third-order valence-corrected chi connectivity index (χ3v) is 4.66. The van der Waals surface area contributed by atoms with Crippen LogP contribution in [0.25, 0.3) is 43.9 Å². The minimum atomic E-state index is 0.787. The molecule has 5 heterocycles. The fraction of sp³-hybridized carbons (Fsp3) is 0. The number of fused-ring (bicyclic) bond motifs is 5. The summed E-state index contributed by atoms with van der Waals surface area (Å²) in [6, 6.07) is 13.8. The zero-order valence-corrected chi connectivity index (χ0v) is 14.2. The van der Waals surface area contributed by atoms with Crippen LogP contribution in [0.2, 0.25) is 0 Å². The van der Waals surface area contributed by atoms with Gasteiger partial charge in [0.2, 0.25) is 0 Å². The van der Waals surface area contributed by atoms with Gasteiger partial charge in [0, 0.05) is 28.5 Å². The first-order valence-corrected chi connectivity index (χ1v) is 8.76. The van der Waals surface area contributed by atoms with Crippen LogP contribution >= 0.6 is 11.5 Å². The van der Waals surface area contributed by atoms with Crippen LogP contribution in [0.3, 0.4) is 0 Å². The Morgan fingerprint density at radius 3 is 2.69 bits per heavy atom. The van der Waals surface area contributed by atoms with Gasteiger partial charge in [0.15, 0.2) is 5.65 Å². The predicted octanol–water partition coefficient (Wildman–Crippen LogP) is 4.62. The van der Waals surface area contributed by atoms with Gasteiger partial charge in [-0.2, -0.15) is 4.37 Å². The molecule has 0 N–H and O–H groups in total. The third-order valence-electron chi connectivity index (χ3n) is 4.03. The Hall–Kier alpha value is -3.45. The summed E-state index contributed by atoms with van der Waals surface area (Å²) in [5, 5.41) is 8.91. The van der Waals surface area contributed by atoms with Gasteiger partial charge in [0.25, 0.3) is 0 Å². The van der Waals surface area contributed by atoms with Gasteiger partial charge in [0.1, 0.15) is 22.8 Å². The first kappa shape index (κ1) is 14.9. The summed E-state index contributed by atoms with van der Waals surface area (Å²) in [7, 11) is 0. The van der Waals surface area contributed by atoms with E-state index in [0.717, 1.165) is 43.9 Å². The molecule has 0 aliphatic carbocycles. The van der Waals surface area contributed by atoms with Crippen molar-refractivity contribution in [3.05, 3.63) is 66.5 Å². The molecule has 6 aromatic rings. The maximum absolute atomic E-state index is 4.88. The van der Waals surface area contributed by atoms with Crippen LogP contribution in [0, 0.1) is 0 Å². The lowest BCUT2D eigenvalue weighted by atomic mass is 10.1. The normalized spacial score (nSPS) is 11.1. The summed E-state index contributed by atoms with van der Waals surface area (Å²) >= 11 is 1.42. The average Bonchev–Trinajstić information content (AvgIpc) is 3.35. The summed E-state index contributed by atoms with van der Waals surface area (Å²) in [6.07, 6.45) is 5.15. The average molecular weight is 357 g/mol. The molecule has 6 rings (SSSR count). The molecule has 26 heavy (non-hydrogen) atoms. The molecule has 0 unspecified atom stereocenters. The summed E-state index contributed by atoms with van der Waals surface area (Å²) in [6.45, 7) is 0. The molecule has 0 spiro atoms. The molecule has 7 heteroatoms. The molecule has 5 aromatic heterocycles. The van der Waals surface area contributed by atoms with Crippen molar-refractivity contribution < 1.29 is 4.52 Å². The Kier molecular flexibility index (Phi) is 3.50. The molecule has 0 aliphatic heterocycles. The van der Waals surface area contributed by atoms with E-state index in [0.29, 0.717) is 0 Å². The van der Waals surface area contributed by atoms with Gasteiger partial charge in [-0.15, -0.1) is 0 Å². The SMILES string of the molecule is c1cnc2c(c1)ccc1nocc12.c1cnc2nc3csnc3cc2c1. The maximum Gasteiger partial charge on any atom is 0.159 e. The van der Waals surface area contributed by atoms with E-state index >= 15 is 0 Å². The van der Waals surface area contributed by atoms with Gasteiger partial charge in [-0.05, 0) is 41.9 Å². The Morgan fingerprint density at radius 2 is 1.73 bits per heavy atom. The summed E-state index contributed by atoms with van der Waals surface area (Å²) < 4.78 is 9.10. The standard InChI is InChI=1S/C10H6N2O.C9H5N3S/c1-2-7-3-4-9-8(6-13-12-9)10(7)11-5-1;1-2-6-4-7-8(5-13-12-7)11-9(6)10-3-1/h1-6H;1-5H. The maximum atomic E-state index is 4.88. The molecule has 0 bridgehead atoms. The van der Waals surface area contributed by atoms with Crippen LogP contribution in [0.1, 0.15) is 0 Å². The fourth-order valence-corrected chi connectivity index (χ4v) is 3.38. The minimum Gasteiger partial charge on any atom is -0.363 e. The summed E-state index contributed by atoms with van der Waals surface area (Å²) in [5.74, 6) is 0. The van der Waals surface area contributed by atoms with Crippen molar-refractivity contribution in [1.29, 1.82) is 0 Å². The number of hydrogen-bond donors (Lipinski definition) is 0. The van der Waals surface area contributed by atoms with Crippen molar-refractivity contribution in [2.45, 2.75) is 0 Å². The van der Waals surface area contributed by atoms with Crippen LogP contribution in [0.5, 0.6) is 0 Å². The molecule has 6 nitrogen and oxygen atoms in total. The first-order valence-electron chi connectivity index (χ1n) is 7.92. The highest BCUT2D eigenvalue weighted by atomic mass is 32.1. The molecular weight excluding hydrogens is 346 g/mol. The highest BCUT2D eigenvalue weighted by Gasteiger charge is 2.03. The number of nitrogens with zero attached hydrogens (tertiary/aromatic N) is 5. The lowest BCUT2D eigenvalue weighted by molar-refractivity contribution is 0.428. The number of rotatable bonds is 0. The second kappa shape index (κ2) is 6.12. The number of aromatic nitrogens is 5. The Morgan fingerprint density at radius 1 is 0.846 bits per heavy atom. The molecule has 124 valence electrons. The van der Waals surface area contributed by atoms with Crippen LogP contribution in [0.4, 0.5) is 0 Å². The summed E-state index contributed by atoms with van der Waals surface area (Å²) in [4.78, 5) is 12.8.